The lowest BCUT2D eigenvalue weighted by Gasteiger charge is -2.31. The first-order chi connectivity index (χ1) is 21.8. The molecule has 3 fully saturated rings. The van der Waals surface area contributed by atoms with E-state index >= 15 is 4.39 Å². The molecule has 8 rings (SSSR count). The predicted octanol–water partition coefficient (Wildman–Crippen LogP) is 5.69. The van der Waals surface area contributed by atoms with Gasteiger partial charge in [0.1, 0.15) is 46.7 Å². The van der Waals surface area contributed by atoms with Gasteiger partial charge in [0, 0.05) is 42.2 Å². The summed E-state index contributed by atoms with van der Waals surface area (Å²) in [6.45, 7) is 2.42. The molecule has 228 valence electrons. The molecule has 13 heteroatoms. The summed E-state index contributed by atoms with van der Waals surface area (Å²) in [5.74, 6) is -0.876. The molecule has 2 N–H and O–H groups in total. The third kappa shape index (κ3) is 4.47. The van der Waals surface area contributed by atoms with Crippen LogP contribution in [0.2, 0.25) is 0 Å². The van der Waals surface area contributed by atoms with E-state index in [-0.39, 0.29) is 50.0 Å². The quantitative estimate of drug-likeness (QED) is 0.281. The van der Waals surface area contributed by atoms with Gasteiger partial charge in [0.05, 0.1) is 39.6 Å². The second kappa shape index (κ2) is 10.5. The van der Waals surface area contributed by atoms with Crippen LogP contribution >= 0.6 is 11.3 Å². The summed E-state index contributed by atoms with van der Waals surface area (Å²) in [5, 5.41) is 10.5. The Hall–Kier alpha value is -4.50. The number of alkyl halides is 1. The van der Waals surface area contributed by atoms with Crippen LogP contribution in [0, 0.1) is 23.0 Å². The maximum Gasteiger partial charge on any atom is 0.319 e. The Labute approximate surface area is 260 Å². The first kappa shape index (κ1) is 28.0. The molecule has 4 aromatic rings. The van der Waals surface area contributed by atoms with Crippen molar-refractivity contribution in [1.29, 1.82) is 5.26 Å². The first-order valence-corrected chi connectivity index (χ1v) is 15.7. The lowest BCUT2D eigenvalue weighted by Crippen LogP contribution is -2.43. The second-order valence-electron chi connectivity index (χ2n) is 12.0. The number of hydrogen-bond donors (Lipinski definition) is 1. The van der Waals surface area contributed by atoms with E-state index in [0.717, 1.165) is 54.8 Å². The van der Waals surface area contributed by atoms with Crippen LogP contribution in [0.4, 0.5) is 24.0 Å². The zero-order chi connectivity index (χ0) is 30.9. The van der Waals surface area contributed by atoms with E-state index in [2.05, 4.69) is 25.6 Å². The van der Waals surface area contributed by atoms with Crippen molar-refractivity contribution in [3.8, 4) is 23.3 Å². The molecule has 4 aliphatic heterocycles. The Morgan fingerprint density at radius 2 is 2.11 bits per heavy atom. The van der Waals surface area contributed by atoms with Crippen LogP contribution in [-0.2, 0) is 0 Å². The van der Waals surface area contributed by atoms with Crippen LogP contribution in [0.5, 0.6) is 6.01 Å². The molecule has 3 aromatic heterocycles. The molecule has 7 heterocycles. The lowest BCUT2D eigenvalue weighted by atomic mass is 9.95. The SMILES string of the molecule is N#Cc1c(N)sc2c(F)ccc(-c3ncc4c(N5CCCC6=C=CN=C6C5)nc(OC[C@@]56CCCN5C[C@H](F)C6)nc4c3F)c12. The van der Waals surface area contributed by atoms with Crippen LogP contribution in [0.1, 0.15) is 37.7 Å². The zero-order valence-electron chi connectivity index (χ0n) is 24.1. The van der Waals surface area contributed by atoms with Gasteiger partial charge in [0.15, 0.2) is 5.82 Å². The standard InChI is InChI=1S/C32H27F3N8OS/c33-18-11-32(7-2-10-43(32)14-18)16-44-31-40-27-21(30(41-31)42-9-1-3-17-6-8-38-23(17)15-42)13-39-26(25(27)35)19-4-5-22(34)28-24(19)20(12-36)29(37)45-28/h4-5,8,13,18H,1-3,7,9-11,14-16,37H2/t18-,32+/m1/s1. The number of aromatic nitrogens is 3. The molecule has 0 spiro atoms. The van der Waals surface area contributed by atoms with Crippen molar-refractivity contribution in [2.45, 2.75) is 43.8 Å². The molecule has 0 unspecified atom stereocenters. The normalized spacial score (nSPS) is 22.8. The van der Waals surface area contributed by atoms with Crippen LogP contribution in [0.3, 0.4) is 0 Å². The fourth-order valence-corrected chi connectivity index (χ4v) is 8.20. The summed E-state index contributed by atoms with van der Waals surface area (Å²) in [6.07, 6.45) is 5.98. The van der Waals surface area contributed by atoms with Gasteiger partial charge in [-0.3, -0.25) is 14.9 Å². The molecule has 45 heavy (non-hydrogen) atoms. The molecule has 0 aliphatic carbocycles. The van der Waals surface area contributed by atoms with Gasteiger partial charge in [0.2, 0.25) is 0 Å². The molecule has 1 aromatic carbocycles. The topological polar surface area (TPSA) is 117 Å². The number of aliphatic imine (C=N–C) groups is 1. The number of anilines is 2. The third-order valence-electron chi connectivity index (χ3n) is 9.36. The lowest BCUT2D eigenvalue weighted by molar-refractivity contribution is 0.107. The summed E-state index contributed by atoms with van der Waals surface area (Å²) in [6, 6.07) is 4.62. The van der Waals surface area contributed by atoms with Crippen molar-refractivity contribution < 1.29 is 17.9 Å². The number of ether oxygens (including phenoxy) is 1. The maximum absolute atomic E-state index is 16.7. The minimum atomic E-state index is -0.926. The number of nitrogen functional groups attached to an aromatic ring is 1. The summed E-state index contributed by atoms with van der Waals surface area (Å²) in [5.41, 5.74) is 10.9. The monoisotopic (exact) mass is 628 g/mol. The highest BCUT2D eigenvalue weighted by atomic mass is 32.1. The molecule has 0 amide bonds. The van der Waals surface area contributed by atoms with Crippen molar-refractivity contribution >= 4 is 48.9 Å². The maximum atomic E-state index is 16.7. The predicted molar refractivity (Wildman–Crippen MR) is 166 cm³/mol. The number of fused-ring (bicyclic) bond motifs is 4. The Morgan fingerprint density at radius 3 is 2.98 bits per heavy atom. The number of rotatable bonds is 5. The fourth-order valence-electron chi connectivity index (χ4n) is 7.25. The van der Waals surface area contributed by atoms with Crippen LogP contribution in [-0.4, -0.2) is 70.1 Å². The second-order valence-corrected chi connectivity index (χ2v) is 13.0. The van der Waals surface area contributed by atoms with Gasteiger partial charge >= 0.3 is 6.01 Å². The van der Waals surface area contributed by atoms with E-state index < -0.39 is 23.3 Å². The number of hydrogen-bond acceptors (Lipinski definition) is 10. The molecule has 4 aliphatic rings. The molecule has 3 saturated heterocycles. The Balaban J connectivity index is 1.27. The average molecular weight is 629 g/mol. The zero-order valence-corrected chi connectivity index (χ0v) is 24.9. The van der Waals surface area contributed by atoms with Crippen LogP contribution in [0.15, 0.2) is 40.8 Å². The Bertz CT molecular complexity index is 2050. The minimum Gasteiger partial charge on any atom is -0.461 e. The van der Waals surface area contributed by atoms with Gasteiger partial charge in [-0.2, -0.15) is 15.2 Å². The summed E-state index contributed by atoms with van der Waals surface area (Å²) >= 11 is 0.933. The molecule has 2 atom stereocenters. The molecular formula is C32H27F3N8OS. The highest BCUT2D eigenvalue weighted by Gasteiger charge is 2.49. The Morgan fingerprint density at radius 1 is 1.22 bits per heavy atom. The van der Waals surface area contributed by atoms with Crippen LogP contribution in [0.25, 0.3) is 32.2 Å². The van der Waals surface area contributed by atoms with Gasteiger partial charge in [-0.25, -0.2) is 13.2 Å². The highest BCUT2D eigenvalue weighted by molar-refractivity contribution is 7.23. The first-order valence-electron chi connectivity index (χ1n) is 14.9. The number of halogens is 3. The summed E-state index contributed by atoms with van der Waals surface area (Å²) < 4.78 is 52.3. The highest BCUT2D eigenvalue weighted by Crippen LogP contribution is 2.43. The average Bonchev–Trinajstić information content (AvgIpc) is 3.76. The van der Waals surface area contributed by atoms with Gasteiger partial charge in [-0.15, -0.1) is 11.3 Å². The number of nitriles is 1. The third-order valence-corrected chi connectivity index (χ3v) is 10.4. The van der Waals surface area contributed by atoms with Crippen LogP contribution < -0.4 is 15.4 Å². The number of nitrogens with zero attached hydrogens (tertiary/aromatic N) is 7. The number of nitrogens with two attached hydrogens (primary N) is 1. The van der Waals surface area contributed by atoms with Crippen molar-refractivity contribution in [3.05, 3.63) is 53.0 Å². The van der Waals surface area contributed by atoms with E-state index in [1.165, 1.54) is 18.3 Å². The van der Waals surface area contributed by atoms with Crippen molar-refractivity contribution in [1.82, 2.24) is 19.9 Å². The van der Waals surface area contributed by atoms with Gasteiger partial charge < -0.3 is 15.4 Å². The fraction of sp³-hybridized carbons (Fsp3) is 0.375. The number of thiophene rings is 1. The molecular weight excluding hydrogens is 601 g/mol. The van der Waals surface area contributed by atoms with Gasteiger partial charge in [0.25, 0.3) is 0 Å². The van der Waals surface area contributed by atoms with Crippen molar-refractivity contribution in [2.24, 2.45) is 4.99 Å². The van der Waals surface area contributed by atoms with Crippen molar-refractivity contribution in [2.75, 3.05) is 43.4 Å². The van der Waals surface area contributed by atoms with E-state index in [1.807, 2.05) is 11.0 Å². The summed E-state index contributed by atoms with van der Waals surface area (Å²) in [4.78, 5) is 22.4. The smallest absolute Gasteiger partial charge is 0.319 e. The summed E-state index contributed by atoms with van der Waals surface area (Å²) in [7, 11) is 0. The number of benzene rings is 1. The molecule has 9 nitrogen and oxygen atoms in total. The van der Waals surface area contributed by atoms with E-state index in [9.17, 15) is 14.0 Å². The Kier molecular flexibility index (Phi) is 6.57. The van der Waals surface area contributed by atoms with E-state index in [4.69, 9.17) is 15.5 Å². The van der Waals surface area contributed by atoms with Crippen molar-refractivity contribution in [3.63, 3.8) is 0 Å². The molecule has 0 saturated carbocycles. The van der Waals surface area contributed by atoms with Gasteiger partial charge in [-0.05, 0) is 44.4 Å². The van der Waals surface area contributed by atoms with E-state index in [0.29, 0.717) is 37.3 Å². The largest absolute Gasteiger partial charge is 0.461 e. The van der Waals surface area contributed by atoms with Gasteiger partial charge in [-0.1, -0.05) is 5.73 Å². The number of pyridine rings is 1. The molecule has 0 radical (unpaired) electrons. The molecule has 0 bridgehead atoms. The minimum absolute atomic E-state index is 0.0228. The van der Waals surface area contributed by atoms with E-state index in [1.54, 1.807) is 6.20 Å².